The first-order valence-corrected chi connectivity index (χ1v) is 5.61. The fourth-order valence-electron chi connectivity index (χ4n) is 1.50. The zero-order chi connectivity index (χ0) is 14.4. The molecule has 0 spiro atoms. The van der Waals surface area contributed by atoms with Gasteiger partial charge in [-0.25, -0.2) is 4.79 Å². The molecule has 0 radical (unpaired) electrons. The van der Waals surface area contributed by atoms with Gasteiger partial charge < -0.3 is 14.2 Å². The van der Waals surface area contributed by atoms with E-state index in [1.54, 1.807) is 13.8 Å². The molecule has 0 heterocycles. The van der Waals surface area contributed by atoms with Crippen LogP contribution in [0.2, 0.25) is 0 Å². The van der Waals surface area contributed by atoms with Crippen molar-refractivity contribution in [3.8, 4) is 11.5 Å². The summed E-state index contributed by atoms with van der Waals surface area (Å²) in [6, 6.07) is 2.59. The van der Waals surface area contributed by atoms with Crippen LogP contribution in [0.4, 0.5) is 5.69 Å². The van der Waals surface area contributed by atoms with Gasteiger partial charge in [0.2, 0.25) is 0 Å². The first kappa shape index (κ1) is 14.7. The zero-order valence-corrected chi connectivity index (χ0v) is 11.0. The van der Waals surface area contributed by atoms with Gasteiger partial charge in [0.1, 0.15) is 0 Å². The molecule has 0 saturated heterocycles. The maximum absolute atomic E-state index is 11.2. The lowest BCUT2D eigenvalue weighted by Crippen LogP contribution is -2.15. The Kier molecular flexibility index (Phi) is 5.11. The smallest absolute Gasteiger partial charge is 0.344 e. The summed E-state index contributed by atoms with van der Waals surface area (Å²) in [4.78, 5) is 21.4. The lowest BCUT2D eigenvalue weighted by atomic mass is 10.2. The zero-order valence-electron chi connectivity index (χ0n) is 11.0. The van der Waals surface area contributed by atoms with Gasteiger partial charge in [-0.1, -0.05) is 0 Å². The van der Waals surface area contributed by atoms with Crippen LogP contribution in [-0.2, 0) is 9.53 Å². The third kappa shape index (κ3) is 3.84. The molecule has 0 atom stereocenters. The summed E-state index contributed by atoms with van der Waals surface area (Å²) in [7, 11) is 1.37. The van der Waals surface area contributed by atoms with Crippen molar-refractivity contribution in [1.29, 1.82) is 0 Å². The second kappa shape index (κ2) is 6.58. The van der Waals surface area contributed by atoms with Gasteiger partial charge in [0.15, 0.2) is 18.1 Å². The van der Waals surface area contributed by atoms with Crippen molar-refractivity contribution in [2.75, 3.05) is 20.3 Å². The number of esters is 1. The van der Waals surface area contributed by atoms with E-state index in [-0.39, 0.29) is 24.7 Å². The van der Waals surface area contributed by atoms with Gasteiger partial charge >= 0.3 is 5.97 Å². The van der Waals surface area contributed by atoms with Crippen molar-refractivity contribution in [3.05, 3.63) is 27.8 Å². The number of rotatable bonds is 6. The van der Waals surface area contributed by atoms with Gasteiger partial charge in [0, 0.05) is 11.6 Å². The standard InChI is InChI=1S/C12H15NO6/c1-4-18-11(14)7-19-12-8(2)5-9(13(15)16)6-10(12)17-3/h5-6H,4,7H2,1-3H3. The predicted molar refractivity (Wildman–Crippen MR) is 66.5 cm³/mol. The molecule has 0 unspecified atom stereocenters. The number of hydrogen-bond donors (Lipinski definition) is 0. The van der Waals surface area contributed by atoms with E-state index < -0.39 is 10.9 Å². The lowest BCUT2D eigenvalue weighted by Gasteiger charge is -2.12. The first-order valence-electron chi connectivity index (χ1n) is 5.61. The van der Waals surface area contributed by atoms with Gasteiger partial charge in [-0.15, -0.1) is 0 Å². The van der Waals surface area contributed by atoms with E-state index >= 15 is 0 Å². The molecule has 1 aromatic rings. The van der Waals surface area contributed by atoms with E-state index in [0.717, 1.165) is 0 Å². The lowest BCUT2D eigenvalue weighted by molar-refractivity contribution is -0.385. The summed E-state index contributed by atoms with van der Waals surface area (Å²) in [5.41, 5.74) is 0.410. The Morgan fingerprint density at radius 3 is 2.63 bits per heavy atom. The van der Waals surface area contributed by atoms with Gasteiger partial charge in [0.25, 0.3) is 5.69 Å². The van der Waals surface area contributed by atoms with Crippen molar-refractivity contribution >= 4 is 11.7 Å². The van der Waals surface area contributed by atoms with Crippen LogP contribution in [0.15, 0.2) is 12.1 Å². The maximum Gasteiger partial charge on any atom is 0.344 e. The van der Waals surface area contributed by atoms with Crippen LogP contribution in [-0.4, -0.2) is 31.2 Å². The molecular weight excluding hydrogens is 254 g/mol. The average Bonchev–Trinajstić information content (AvgIpc) is 2.36. The molecule has 1 rings (SSSR count). The molecule has 0 fully saturated rings. The minimum Gasteiger partial charge on any atom is -0.493 e. The Morgan fingerprint density at radius 1 is 1.42 bits per heavy atom. The van der Waals surface area contributed by atoms with E-state index in [9.17, 15) is 14.9 Å². The number of carbonyl (C=O) groups excluding carboxylic acids is 1. The molecule has 0 amide bonds. The molecule has 19 heavy (non-hydrogen) atoms. The Balaban J connectivity index is 2.94. The number of ether oxygens (including phenoxy) is 3. The number of hydrogen-bond acceptors (Lipinski definition) is 6. The highest BCUT2D eigenvalue weighted by Crippen LogP contribution is 2.35. The van der Waals surface area contributed by atoms with E-state index in [1.807, 2.05) is 0 Å². The minimum atomic E-state index is -0.523. The van der Waals surface area contributed by atoms with Crippen molar-refractivity contribution in [2.24, 2.45) is 0 Å². The Bertz CT molecular complexity index is 485. The molecule has 0 aromatic heterocycles. The summed E-state index contributed by atoms with van der Waals surface area (Å²) in [5, 5.41) is 10.7. The van der Waals surface area contributed by atoms with Crippen molar-refractivity contribution < 1.29 is 23.9 Å². The van der Waals surface area contributed by atoms with Crippen molar-refractivity contribution in [1.82, 2.24) is 0 Å². The Morgan fingerprint density at radius 2 is 2.11 bits per heavy atom. The van der Waals surface area contributed by atoms with Gasteiger partial charge in [-0.2, -0.15) is 0 Å². The highest BCUT2D eigenvalue weighted by atomic mass is 16.6. The van der Waals surface area contributed by atoms with Gasteiger partial charge in [0.05, 0.1) is 24.7 Å². The largest absolute Gasteiger partial charge is 0.493 e. The quantitative estimate of drug-likeness (QED) is 0.445. The third-order valence-corrected chi connectivity index (χ3v) is 2.30. The second-order valence-corrected chi connectivity index (χ2v) is 3.64. The number of carbonyl (C=O) groups is 1. The number of nitro benzene ring substituents is 1. The third-order valence-electron chi connectivity index (χ3n) is 2.30. The normalized spacial score (nSPS) is 9.84. The summed E-state index contributed by atoms with van der Waals surface area (Å²) in [6.07, 6.45) is 0. The summed E-state index contributed by atoms with van der Waals surface area (Å²) in [5.74, 6) is -0.0144. The Labute approximate surface area is 110 Å². The van der Waals surface area contributed by atoms with E-state index in [2.05, 4.69) is 0 Å². The molecule has 7 heteroatoms. The number of nitro groups is 1. The number of benzene rings is 1. The molecule has 0 saturated carbocycles. The van der Waals surface area contributed by atoms with E-state index in [4.69, 9.17) is 14.2 Å². The molecule has 0 bridgehead atoms. The van der Waals surface area contributed by atoms with E-state index in [1.165, 1.54) is 19.2 Å². The maximum atomic E-state index is 11.2. The highest BCUT2D eigenvalue weighted by molar-refractivity contribution is 5.71. The topological polar surface area (TPSA) is 87.9 Å². The van der Waals surface area contributed by atoms with Crippen molar-refractivity contribution in [2.45, 2.75) is 13.8 Å². The van der Waals surface area contributed by atoms with Crippen LogP contribution in [0, 0.1) is 17.0 Å². The molecule has 0 aliphatic rings. The van der Waals surface area contributed by atoms with Crippen LogP contribution in [0.1, 0.15) is 12.5 Å². The summed E-state index contributed by atoms with van der Waals surface area (Å²) < 4.78 is 15.0. The van der Waals surface area contributed by atoms with Gasteiger partial charge in [-0.3, -0.25) is 10.1 Å². The molecule has 104 valence electrons. The number of non-ortho nitro benzene ring substituents is 1. The SMILES string of the molecule is CCOC(=O)COc1c(C)cc([N+](=O)[O-])cc1OC. The van der Waals surface area contributed by atoms with Gasteiger partial charge in [-0.05, 0) is 13.8 Å². The molecule has 0 aliphatic heterocycles. The predicted octanol–water partition coefficient (Wildman–Crippen LogP) is 1.85. The molecular formula is C12H15NO6. The fourth-order valence-corrected chi connectivity index (χ4v) is 1.50. The van der Waals surface area contributed by atoms with Crippen molar-refractivity contribution in [3.63, 3.8) is 0 Å². The van der Waals surface area contributed by atoms with Crippen LogP contribution < -0.4 is 9.47 Å². The molecule has 1 aromatic carbocycles. The average molecular weight is 269 g/mol. The summed E-state index contributed by atoms with van der Waals surface area (Å²) >= 11 is 0. The van der Waals surface area contributed by atoms with Crippen LogP contribution in [0.25, 0.3) is 0 Å². The Hall–Kier alpha value is -2.31. The first-order chi connectivity index (χ1) is 8.99. The monoisotopic (exact) mass is 269 g/mol. The second-order valence-electron chi connectivity index (χ2n) is 3.64. The van der Waals surface area contributed by atoms with Crippen LogP contribution in [0.3, 0.4) is 0 Å². The van der Waals surface area contributed by atoms with E-state index in [0.29, 0.717) is 11.3 Å². The van der Waals surface area contributed by atoms with Crippen LogP contribution in [0.5, 0.6) is 11.5 Å². The fraction of sp³-hybridized carbons (Fsp3) is 0.417. The molecule has 0 N–H and O–H groups in total. The van der Waals surface area contributed by atoms with Crippen LogP contribution >= 0.6 is 0 Å². The summed E-state index contributed by atoms with van der Waals surface area (Å²) in [6.45, 7) is 3.31. The molecule has 7 nitrogen and oxygen atoms in total. The highest BCUT2D eigenvalue weighted by Gasteiger charge is 2.17. The number of aryl methyl sites for hydroxylation is 1. The number of methoxy groups -OCH3 is 1. The molecule has 0 aliphatic carbocycles. The minimum absolute atomic E-state index is 0.0992. The number of nitrogens with zero attached hydrogens (tertiary/aromatic N) is 1.